The molecule has 27 heavy (non-hydrogen) atoms. The van der Waals surface area contributed by atoms with Gasteiger partial charge in [-0.25, -0.2) is 9.78 Å². The van der Waals surface area contributed by atoms with Crippen molar-refractivity contribution in [1.82, 2.24) is 14.9 Å². The van der Waals surface area contributed by atoms with Crippen LogP contribution in [0.4, 0.5) is 0 Å². The van der Waals surface area contributed by atoms with E-state index in [0.29, 0.717) is 17.0 Å². The molecule has 1 aliphatic rings. The number of nitrogens with one attached hydrogen (secondary N) is 1. The first-order valence-electron chi connectivity index (χ1n) is 9.07. The van der Waals surface area contributed by atoms with Gasteiger partial charge in [0.15, 0.2) is 0 Å². The lowest BCUT2D eigenvalue weighted by atomic mass is 9.98. The fourth-order valence-electron chi connectivity index (χ4n) is 3.75. The number of carbonyl (C=O) groups is 2. The molecule has 4 rings (SSSR count). The summed E-state index contributed by atoms with van der Waals surface area (Å²) in [5, 5.41) is 8.98. The van der Waals surface area contributed by atoms with Crippen LogP contribution in [0, 0.1) is 12.8 Å². The second-order valence-corrected chi connectivity index (χ2v) is 7.17. The van der Waals surface area contributed by atoms with Crippen LogP contribution in [0.25, 0.3) is 11.0 Å². The lowest BCUT2D eigenvalue weighted by Gasteiger charge is -2.17. The Kier molecular flexibility index (Phi) is 4.39. The molecule has 1 atom stereocenters. The first kappa shape index (κ1) is 17.3. The summed E-state index contributed by atoms with van der Waals surface area (Å²) in [5.74, 6) is 0.365. The van der Waals surface area contributed by atoms with E-state index < -0.39 is 5.97 Å². The van der Waals surface area contributed by atoms with Crippen LogP contribution in [0.2, 0.25) is 0 Å². The number of aromatic carboxylic acids is 1. The Balaban J connectivity index is 1.42. The third-order valence-electron chi connectivity index (χ3n) is 5.15. The van der Waals surface area contributed by atoms with Crippen molar-refractivity contribution < 1.29 is 14.7 Å². The predicted octanol–water partition coefficient (Wildman–Crippen LogP) is 3.27. The number of hydrogen-bond donors (Lipinski definition) is 2. The Bertz CT molecular complexity index is 1010. The van der Waals surface area contributed by atoms with Crippen LogP contribution >= 0.6 is 0 Å². The summed E-state index contributed by atoms with van der Waals surface area (Å²) in [4.78, 5) is 33.2. The quantitative estimate of drug-likeness (QED) is 0.745. The number of H-pyrrole nitrogens is 1. The molecule has 138 valence electrons. The van der Waals surface area contributed by atoms with Crippen molar-refractivity contribution >= 4 is 22.9 Å². The maximum atomic E-state index is 12.8. The number of aryl methyl sites for hydroxylation is 1. The number of carboxylic acids is 1. The van der Waals surface area contributed by atoms with Crippen molar-refractivity contribution in [3.8, 4) is 0 Å². The second kappa shape index (κ2) is 6.87. The Morgan fingerprint density at radius 2 is 1.93 bits per heavy atom. The molecule has 1 aliphatic heterocycles. The highest BCUT2D eigenvalue weighted by Crippen LogP contribution is 2.24. The molecule has 0 saturated carbocycles. The SMILES string of the molecule is Cc1nc2ccc(C(=O)N3CCC(Cc4ccc(C(=O)O)cc4)C3)cc2[nH]1. The van der Waals surface area contributed by atoms with E-state index in [9.17, 15) is 9.59 Å². The number of carbonyl (C=O) groups excluding carboxylic acids is 1. The van der Waals surface area contributed by atoms with E-state index in [1.54, 1.807) is 12.1 Å². The predicted molar refractivity (Wildman–Crippen MR) is 102 cm³/mol. The summed E-state index contributed by atoms with van der Waals surface area (Å²) in [6, 6.07) is 12.6. The van der Waals surface area contributed by atoms with Gasteiger partial charge in [-0.15, -0.1) is 0 Å². The average Bonchev–Trinajstić information content (AvgIpc) is 3.26. The van der Waals surface area contributed by atoms with Gasteiger partial charge < -0.3 is 15.0 Å². The van der Waals surface area contributed by atoms with Crippen molar-refractivity contribution in [3.05, 3.63) is 65.0 Å². The third kappa shape index (κ3) is 3.56. The highest BCUT2D eigenvalue weighted by Gasteiger charge is 2.27. The van der Waals surface area contributed by atoms with Crippen LogP contribution in [0.1, 0.15) is 38.5 Å². The van der Waals surface area contributed by atoms with Gasteiger partial charge in [0.1, 0.15) is 5.82 Å². The van der Waals surface area contributed by atoms with Gasteiger partial charge in [0.05, 0.1) is 16.6 Å². The summed E-state index contributed by atoms with van der Waals surface area (Å²) in [7, 11) is 0. The number of amides is 1. The number of aromatic nitrogens is 2. The maximum Gasteiger partial charge on any atom is 0.335 e. The van der Waals surface area contributed by atoms with Crippen LogP contribution in [0.3, 0.4) is 0 Å². The monoisotopic (exact) mass is 363 g/mol. The van der Waals surface area contributed by atoms with Crippen molar-refractivity contribution in [2.24, 2.45) is 5.92 Å². The topological polar surface area (TPSA) is 86.3 Å². The molecule has 1 saturated heterocycles. The fraction of sp³-hybridized carbons (Fsp3) is 0.286. The number of rotatable bonds is 4. The number of hydrogen-bond acceptors (Lipinski definition) is 3. The first-order valence-corrected chi connectivity index (χ1v) is 9.07. The van der Waals surface area contributed by atoms with Crippen molar-refractivity contribution in [3.63, 3.8) is 0 Å². The Morgan fingerprint density at radius 3 is 2.67 bits per heavy atom. The highest BCUT2D eigenvalue weighted by molar-refractivity contribution is 5.97. The summed E-state index contributed by atoms with van der Waals surface area (Å²) in [6.07, 6.45) is 1.81. The fourth-order valence-corrected chi connectivity index (χ4v) is 3.75. The Hall–Kier alpha value is -3.15. The second-order valence-electron chi connectivity index (χ2n) is 7.17. The normalized spacial score (nSPS) is 16.8. The number of aromatic amines is 1. The number of likely N-dealkylation sites (tertiary alicyclic amines) is 1. The number of nitrogens with zero attached hydrogens (tertiary/aromatic N) is 2. The van der Waals surface area contributed by atoms with Crippen LogP contribution < -0.4 is 0 Å². The third-order valence-corrected chi connectivity index (χ3v) is 5.15. The van der Waals surface area contributed by atoms with E-state index in [-0.39, 0.29) is 5.91 Å². The molecule has 0 radical (unpaired) electrons. The van der Waals surface area contributed by atoms with E-state index in [4.69, 9.17) is 5.11 Å². The van der Waals surface area contributed by atoms with Crippen molar-refractivity contribution in [2.75, 3.05) is 13.1 Å². The minimum atomic E-state index is -0.913. The summed E-state index contributed by atoms with van der Waals surface area (Å²) < 4.78 is 0. The van der Waals surface area contributed by atoms with Gasteiger partial charge in [0.2, 0.25) is 0 Å². The summed E-state index contributed by atoms with van der Waals surface area (Å²) in [6.45, 7) is 3.37. The van der Waals surface area contributed by atoms with Gasteiger partial charge in [-0.2, -0.15) is 0 Å². The van der Waals surface area contributed by atoms with E-state index in [1.807, 2.05) is 42.2 Å². The van der Waals surface area contributed by atoms with E-state index in [2.05, 4.69) is 9.97 Å². The molecule has 1 fully saturated rings. The molecule has 0 spiro atoms. The van der Waals surface area contributed by atoms with E-state index in [0.717, 1.165) is 48.4 Å². The minimum absolute atomic E-state index is 0.0490. The Morgan fingerprint density at radius 1 is 1.19 bits per heavy atom. The number of benzene rings is 2. The van der Waals surface area contributed by atoms with E-state index >= 15 is 0 Å². The van der Waals surface area contributed by atoms with Gasteiger partial charge in [-0.05, 0) is 61.6 Å². The first-order chi connectivity index (χ1) is 13.0. The number of fused-ring (bicyclic) bond motifs is 1. The largest absolute Gasteiger partial charge is 0.478 e. The molecule has 1 amide bonds. The molecule has 2 N–H and O–H groups in total. The number of imidazole rings is 1. The van der Waals surface area contributed by atoms with Gasteiger partial charge >= 0.3 is 5.97 Å². The number of carboxylic acid groups (broad SMARTS) is 1. The zero-order valence-electron chi connectivity index (χ0n) is 15.1. The molecule has 1 aromatic heterocycles. The molecular weight excluding hydrogens is 342 g/mol. The van der Waals surface area contributed by atoms with Crippen molar-refractivity contribution in [2.45, 2.75) is 19.8 Å². The molecule has 0 bridgehead atoms. The molecule has 2 aromatic carbocycles. The summed E-state index contributed by atoms with van der Waals surface area (Å²) in [5.41, 5.74) is 3.83. The maximum absolute atomic E-state index is 12.8. The molecule has 6 heteroatoms. The lowest BCUT2D eigenvalue weighted by Crippen LogP contribution is -2.28. The van der Waals surface area contributed by atoms with Crippen LogP contribution in [0.15, 0.2) is 42.5 Å². The average molecular weight is 363 g/mol. The molecule has 6 nitrogen and oxygen atoms in total. The van der Waals surface area contributed by atoms with Crippen LogP contribution in [0.5, 0.6) is 0 Å². The van der Waals surface area contributed by atoms with Crippen LogP contribution in [-0.2, 0) is 6.42 Å². The lowest BCUT2D eigenvalue weighted by molar-refractivity contribution is 0.0696. The molecule has 1 unspecified atom stereocenters. The van der Waals surface area contributed by atoms with E-state index in [1.165, 1.54) is 0 Å². The van der Waals surface area contributed by atoms with Gasteiger partial charge in [0.25, 0.3) is 5.91 Å². The molecule has 2 heterocycles. The molecular formula is C21H21N3O3. The van der Waals surface area contributed by atoms with Gasteiger partial charge in [-0.3, -0.25) is 4.79 Å². The van der Waals surface area contributed by atoms with Gasteiger partial charge in [-0.1, -0.05) is 12.1 Å². The molecule has 3 aromatic rings. The zero-order chi connectivity index (χ0) is 19.0. The smallest absolute Gasteiger partial charge is 0.335 e. The highest BCUT2D eigenvalue weighted by atomic mass is 16.4. The summed E-state index contributed by atoms with van der Waals surface area (Å²) >= 11 is 0. The Labute approximate surface area is 156 Å². The van der Waals surface area contributed by atoms with Crippen molar-refractivity contribution in [1.29, 1.82) is 0 Å². The molecule has 0 aliphatic carbocycles. The standard InChI is InChI=1S/C21H21N3O3/c1-13-22-18-7-6-17(11-19(18)23-13)20(25)24-9-8-15(12-24)10-14-2-4-16(5-3-14)21(26)27/h2-7,11,15H,8-10,12H2,1H3,(H,22,23)(H,26,27). The zero-order valence-corrected chi connectivity index (χ0v) is 15.1. The van der Waals surface area contributed by atoms with Crippen LogP contribution in [-0.4, -0.2) is 44.9 Å². The minimum Gasteiger partial charge on any atom is -0.478 e. The van der Waals surface area contributed by atoms with Gasteiger partial charge in [0, 0.05) is 18.7 Å².